The first-order valence-corrected chi connectivity index (χ1v) is 6.06. The molecule has 0 aliphatic carbocycles. The lowest BCUT2D eigenvalue weighted by atomic mass is 10.1. The van der Waals surface area contributed by atoms with Gasteiger partial charge in [-0.25, -0.2) is 14.2 Å². The summed E-state index contributed by atoms with van der Waals surface area (Å²) in [5, 5.41) is 9.08. The van der Waals surface area contributed by atoms with Crippen LogP contribution in [-0.2, 0) is 6.61 Å². The van der Waals surface area contributed by atoms with E-state index < -0.39 is 5.97 Å². The summed E-state index contributed by atoms with van der Waals surface area (Å²) in [4.78, 5) is 15.0. The predicted molar refractivity (Wildman–Crippen MR) is 71.4 cm³/mol. The number of nitrogens with zero attached hydrogens (tertiary/aromatic N) is 1. The summed E-state index contributed by atoms with van der Waals surface area (Å²) >= 11 is 0. The zero-order chi connectivity index (χ0) is 14.7. The lowest BCUT2D eigenvalue weighted by Crippen LogP contribution is -2.07. The van der Waals surface area contributed by atoms with Crippen LogP contribution < -0.4 is 4.74 Å². The van der Waals surface area contributed by atoms with Gasteiger partial charge >= 0.3 is 5.97 Å². The van der Waals surface area contributed by atoms with Gasteiger partial charge in [-0.05, 0) is 49.2 Å². The quantitative estimate of drug-likeness (QED) is 0.931. The minimum atomic E-state index is -1.15. The van der Waals surface area contributed by atoms with Crippen LogP contribution in [0.1, 0.15) is 27.3 Å². The van der Waals surface area contributed by atoms with Crippen molar-refractivity contribution in [2.24, 2.45) is 0 Å². The zero-order valence-corrected chi connectivity index (χ0v) is 11.2. The number of halogens is 1. The van der Waals surface area contributed by atoms with E-state index in [1.54, 1.807) is 25.1 Å². The maximum atomic E-state index is 13.2. The van der Waals surface area contributed by atoms with Gasteiger partial charge in [0.25, 0.3) is 0 Å². The van der Waals surface area contributed by atoms with Gasteiger partial charge in [-0.3, -0.25) is 0 Å². The smallest absolute Gasteiger partial charge is 0.358 e. The third-order valence-electron chi connectivity index (χ3n) is 2.89. The Morgan fingerprint density at radius 3 is 2.75 bits per heavy atom. The minimum absolute atomic E-state index is 0.0919. The summed E-state index contributed by atoms with van der Waals surface area (Å²) in [6.07, 6.45) is 0. The molecule has 0 amide bonds. The third-order valence-corrected chi connectivity index (χ3v) is 2.89. The van der Waals surface area contributed by atoms with Crippen LogP contribution in [0.3, 0.4) is 0 Å². The highest BCUT2D eigenvalue weighted by molar-refractivity contribution is 5.88. The second-order valence-corrected chi connectivity index (χ2v) is 4.46. The van der Waals surface area contributed by atoms with Crippen LogP contribution in [0.2, 0.25) is 0 Å². The highest BCUT2D eigenvalue weighted by atomic mass is 19.1. The highest BCUT2D eigenvalue weighted by Gasteiger charge is 2.14. The van der Waals surface area contributed by atoms with E-state index in [-0.39, 0.29) is 23.9 Å². The first kappa shape index (κ1) is 14.0. The number of hydrogen-bond donors (Lipinski definition) is 1. The van der Waals surface area contributed by atoms with Gasteiger partial charge in [-0.15, -0.1) is 0 Å². The molecule has 0 spiro atoms. The monoisotopic (exact) mass is 275 g/mol. The van der Waals surface area contributed by atoms with E-state index in [1.807, 2.05) is 6.92 Å². The first-order valence-electron chi connectivity index (χ1n) is 6.06. The standard InChI is InChI=1S/C15H14FNO3/c1-9-3-5-12(16)7-11(9)8-20-13-6-4-10(2)17-14(13)15(18)19/h3-7H,8H2,1-2H3,(H,18,19). The number of benzene rings is 1. The molecule has 0 fully saturated rings. The number of ether oxygens (including phenoxy) is 1. The Bertz CT molecular complexity index is 656. The number of carbonyl (C=O) groups is 1. The number of pyridine rings is 1. The summed E-state index contributed by atoms with van der Waals surface area (Å²) in [6, 6.07) is 7.62. The molecule has 0 saturated heterocycles. The maximum absolute atomic E-state index is 13.2. The van der Waals surface area contributed by atoms with Gasteiger partial charge in [-0.2, -0.15) is 0 Å². The molecule has 0 atom stereocenters. The topological polar surface area (TPSA) is 59.4 Å². The van der Waals surface area contributed by atoms with Crippen molar-refractivity contribution in [3.8, 4) is 5.75 Å². The van der Waals surface area contributed by atoms with Gasteiger partial charge in [-0.1, -0.05) is 6.07 Å². The highest BCUT2D eigenvalue weighted by Crippen LogP contribution is 2.20. The molecular weight excluding hydrogens is 261 g/mol. The van der Waals surface area contributed by atoms with E-state index >= 15 is 0 Å². The molecule has 0 aliphatic heterocycles. The van der Waals surface area contributed by atoms with Crippen molar-refractivity contribution in [2.75, 3.05) is 0 Å². The largest absolute Gasteiger partial charge is 0.486 e. The number of hydrogen-bond acceptors (Lipinski definition) is 3. The number of carboxylic acid groups (broad SMARTS) is 1. The van der Waals surface area contributed by atoms with E-state index in [1.165, 1.54) is 12.1 Å². The minimum Gasteiger partial charge on any atom is -0.486 e. The van der Waals surface area contributed by atoms with Crippen LogP contribution >= 0.6 is 0 Å². The van der Waals surface area contributed by atoms with Crippen LogP contribution in [0.5, 0.6) is 5.75 Å². The van der Waals surface area contributed by atoms with E-state index in [0.29, 0.717) is 11.3 Å². The van der Waals surface area contributed by atoms with Gasteiger partial charge in [0.1, 0.15) is 12.4 Å². The molecule has 2 rings (SSSR count). The molecule has 5 heteroatoms. The van der Waals surface area contributed by atoms with Crippen molar-refractivity contribution in [3.05, 3.63) is 58.7 Å². The van der Waals surface area contributed by atoms with Crippen LogP contribution in [0.15, 0.2) is 30.3 Å². The summed E-state index contributed by atoms with van der Waals surface area (Å²) in [5.41, 5.74) is 2.00. The number of aromatic carboxylic acids is 1. The Morgan fingerprint density at radius 2 is 2.05 bits per heavy atom. The van der Waals surface area contributed by atoms with E-state index in [2.05, 4.69) is 4.98 Å². The summed E-state index contributed by atoms with van der Waals surface area (Å²) < 4.78 is 18.6. The summed E-state index contributed by atoms with van der Waals surface area (Å²) in [7, 11) is 0. The molecular formula is C15H14FNO3. The molecule has 1 aromatic heterocycles. The van der Waals surface area contributed by atoms with Crippen LogP contribution in [0.25, 0.3) is 0 Å². The lowest BCUT2D eigenvalue weighted by molar-refractivity contribution is 0.0684. The average molecular weight is 275 g/mol. The van der Waals surface area contributed by atoms with Crippen LogP contribution in [0.4, 0.5) is 4.39 Å². The fourth-order valence-corrected chi connectivity index (χ4v) is 1.76. The maximum Gasteiger partial charge on any atom is 0.358 e. The second kappa shape index (κ2) is 5.69. The second-order valence-electron chi connectivity index (χ2n) is 4.46. The molecule has 0 radical (unpaired) electrons. The molecule has 1 N–H and O–H groups in total. The molecule has 1 aromatic carbocycles. The van der Waals surface area contributed by atoms with E-state index in [4.69, 9.17) is 9.84 Å². The van der Waals surface area contributed by atoms with Gasteiger partial charge in [0.15, 0.2) is 11.4 Å². The Kier molecular flexibility index (Phi) is 3.98. The molecule has 20 heavy (non-hydrogen) atoms. The third kappa shape index (κ3) is 3.12. The van der Waals surface area contributed by atoms with Gasteiger partial charge < -0.3 is 9.84 Å². The molecule has 1 heterocycles. The van der Waals surface area contributed by atoms with Crippen molar-refractivity contribution >= 4 is 5.97 Å². The zero-order valence-electron chi connectivity index (χ0n) is 11.2. The van der Waals surface area contributed by atoms with Gasteiger partial charge in [0.2, 0.25) is 0 Å². The fraction of sp³-hybridized carbons (Fsp3) is 0.200. The summed E-state index contributed by atoms with van der Waals surface area (Å²) in [5.74, 6) is -1.33. The van der Waals surface area contributed by atoms with Crippen LogP contribution in [0, 0.1) is 19.7 Å². The van der Waals surface area contributed by atoms with Gasteiger partial charge in [0.05, 0.1) is 0 Å². The predicted octanol–water partition coefficient (Wildman–Crippen LogP) is 3.11. The number of rotatable bonds is 4. The normalized spacial score (nSPS) is 10.3. The summed E-state index contributed by atoms with van der Waals surface area (Å²) in [6.45, 7) is 3.63. The molecule has 4 nitrogen and oxygen atoms in total. The van der Waals surface area contributed by atoms with Crippen molar-refractivity contribution in [1.82, 2.24) is 4.98 Å². The first-order chi connectivity index (χ1) is 9.47. The van der Waals surface area contributed by atoms with Crippen molar-refractivity contribution < 1.29 is 19.0 Å². The fourth-order valence-electron chi connectivity index (χ4n) is 1.76. The number of aryl methyl sites for hydroxylation is 2. The number of carboxylic acids is 1. The van der Waals surface area contributed by atoms with Gasteiger partial charge in [0, 0.05) is 5.69 Å². The average Bonchev–Trinajstić information content (AvgIpc) is 2.40. The van der Waals surface area contributed by atoms with E-state index in [9.17, 15) is 9.18 Å². The molecule has 0 unspecified atom stereocenters. The molecule has 2 aromatic rings. The molecule has 0 aliphatic rings. The van der Waals surface area contributed by atoms with E-state index in [0.717, 1.165) is 5.56 Å². The number of aromatic nitrogens is 1. The molecule has 0 saturated carbocycles. The SMILES string of the molecule is Cc1ccc(OCc2cc(F)ccc2C)c(C(=O)O)n1. The molecule has 104 valence electrons. The Balaban J connectivity index is 2.23. The van der Waals surface area contributed by atoms with Crippen molar-refractivity contribution in [3.63, 3.8) is 0 Å². The van der Waals surface area contributed by atoms with Crippen LogP contribution in [-0.4, -0.2) is 16.1 Å². The Labute approximate surface area is 115 Å². The van der Waals surface area contributed by atoms with Crippen molar-refractivity contribution in [1.29, 1.82) is 0 Å². The Hall–Kier alpha value is -2.43. The Morgan fingerprint density at radius 1 is 1.30 bits per heavy atom. The molecule has 0 bridgehead atoms. The van der Waals surface area contributed by atoms with Crippen molar-refractivity contribution in [2.45, 2.75) is 20.5 Å². The lowest BCUT2D eigenvalue weighted by Gasteiger charge is -2.11.